The van der Waals surface area contributed by atoms with Gasteiger partial charge >= 0.3 is 11.9 Å². The Labute approximate surface area is 221 Å². The van der Waals surface area contributed by atoms with Crippen molar-refractivity contribution >= 4 is 29.2 Å². The van der Waals surface area contributed by atoms with E-state index in [9.17, 15) is 24.3 Å². The SMILES string of the molecule is C=C(C)C(=O)OCCCCNc1c(OCCCOC(=O)C(=C)C)cc(O)c2c1C(=O)c1ccccc1C2=O. The Morgan fingerprint density at radius 3 is 1.97 bits per heavy atom. The fraction of sp³-hybridized carbons (Fsp3) is 0.310. The molecule has 200 valence electrons. The van der Waals surface area contributed by atoms with Crippen LogP contribution >= 0.6 is 0 Å². The van der Waals surface area contributed by atoms with Gasteiger partial charge in [0.1, 0.15) is 11.5 Å². The number of aromatic hydroxyl groups is 1. The summed E-state index contributed by atoms with van der Waals surface area (Å²) < 4.78 is 16.0. The van der Waals surface area contributed by atoms with E-state index in [-0.39, 0.29) is 64.8 Å². The minimum absolute atomic E-state index is 0.0334. The van der Waals surface area contributed by atoms with E-state index < -0.39 is 23.5 Å². The third-order valence-corrected chi connectivity index (χ3v) is 5.72. The van der Waals surface area contributed by atoms with Crippen LogP contribution in [-0.4, -0.2) is 55.0 Å². The number of ketones is 2. The van der Waals surface area contributed by atoms with Crippen LogP contribution in [0.5, 0.6) is 11.5 Å². The Morgan fingerprint density at radius 2 is 1.39 bits per heavy atom. The van der Waals surface area contributed by atoms with Gasteiger partial charge in [0.15, 0.2) is 11.6 Å². The summed E-state index contributed by atoms with van der Waals surface area (Å²) in [5, 5.41) is 13.9. The van der Waals surface area contributed by atoms with Crippen molar-refractivity contribution in [3.05, 3.63) is 76.9 Å². The van der Waals surface area contributed by atoms with Crippen LogP contribution in [0.4, 0.5) is 5.69 Å². The van der Waals surface area contributed by atoms with Crippen LogP contribution in [0.1, 0.15) is 65.0 Å². The molecule has 38 heavy (non-hydrogen) atoms. The minimum atomic E-state index is -0.504. The molecule has 0 unspecified atom stereocenters. The predicted octanol–water partition coefficient (Wildman–Crippen LogP) is 4.37. The van der Waals surface area contributed by atoms with Crippen molar-refractivity contribution in [3.8, 4) is 11.5 Å². The van der Waals surface area contributed by atoms with Crippen LogP contribution in [0.3, 0.4) is 0 Å². The molecule has 9 nitrogen and oxygen atoms in total. The van der Waals surface area contributed by atoms with Gasteiger partial charge in [-0.25, -0.2) is 9.59 Å². The number of nitrogens with one attached hydrogen (secondary N) is 1. The molecule has 0 amide bonds. The Balaban J connectivity index is 1.80. The average molecular weight is 522 g/mol. The largest absolute Gasteiger partial charge is 0.507 e. The highest BCUT2D eigenvalue weighted by Gasteiger charge is 2.35. The summed E-state index contributed by atoms with van der Waals surface area (Å²) in [6.45, 7) is 11.0. The number of carbonyl (C=O) groups excluding carboxylic acids is 4. The third kappa shape index (κ3) is 6.47. The lowest BCUT2D eigenvalue weighted by molar-refractivity contribution is -0.140. The van der Waals surface area contributed by atoms with E-state index in [0.29, 0.717) is 31.4 Å². The first kappa shape index (κ1) is 28.2. The second-order valence-electron chi connectivity index (χ2n) is 8.89. The predicted molar refractivity (Wildman–Crippen MR) is 141 cm³/mol. The molecule has 2 aromatic carbocycles. The van der Waals surface area contributed by atoms with Crippen molar-refractivity contribution in [2.75, 3.05) is 31.7 Å². The molecule has 1 aliphatic rings. The van der Waals surface area contributed by atoms with Crippen molar-refractivity contribution in [3.63, 3.8) is 0 Å². The van der Waals surface area contributed by atoms with Crippen LogP contribution in [0.15, 0.2) is 54.6 Å². The fourth-order valence-corrected chi connectivity index (χ4v) is 3.80. The zero-order chi connectivity index (χ0) is 27.8. The molecule has 3 rings (SSSR count). The highest BCUT2D eigenvalue weighted by molar-refractivity contribution is 6.31. The van der Waals surface area contributed by atoms with Gasteiger partial charge in [-0.2, -0.15) is 0 Å². The van der Waals surface area contributed by atoms with Gasteiger partial charge < -0.3 is 24.6 Å². The number of hydrogen-bond donors (Lipinski definition) is 2. The normalized spacial score (nSPS) is 11.7. The van der Waals surface area contributed by atoms with Crippen molar-refractivity contribution in [1.82, 2.24) is 0 Å². The van der Waals surface area contributed by atoms with Gasteiger partial charge in [0.05, 0.1) is 36.6 Å². The number of carbonyl (C=O) groups is 4. The molecule has 0 fully saturated rings. The van der Waals surface area contributed by atoms with Crippen LogP contribution < -0.4 is 10.1 Å². The smallest absolute Gasteiger partial charge is 0.333 e. The number of esters is 2. The highest BCUT2D eigenvalue weighted by atomic mass is 16.5. The standard InChI is InChI=1S/C29H31NO8/c1-17(2)28(34)37-13-8-7-12-30-25-22(36-14-9-15-38-29(35)18(3)4)16-21(31)23-24(25)27(33)20-11-6-5-10-19(20)26(23)32/h5-6,10-11,16,30-31H,1,3,7-9,12-15H2,2,4H3. The van der Waals surface area contributed by atoms with Gasteiger partial charge in [-0.3, -0.25) is 9.59 Å². The number of phenols is 1. The zero-order valence-corrected chi connectivity index (χ0v) is 21.6. The first-order valence-corrected chi connectivity index (χ1v) is 12.2. The van der Waals surface area contributed by atoms with E-state index in [2.05, 4.69) is 18.5 Å². The van der Waals surface area contributed by atoms with Gasteiger partial charge in [0, 0.05) is 41.3 Å². The van der Waals surface area contributed by atoms with Crippen molar-refractivity contribution in [2.45, 2.75) is 33.1 Å². The summed E-state index contributed by atoms with van der Waals surface area (Å²) in [6, 6.07) is 7.74. The Kier molecular flexibility index (Phi) is 9.43. The topological polar surface area (TPSA) is 128 Å². The number of fused-ring (bicyclic) bond motifs is 2. The summed E-state index contributed by atoms with van der Waals surface area (Å²) in [5.74, 6) is -2.02. The fourth-order valence-electron chi connectivity index (χ4n) is 3.80. The molecule has 0 radical (unpaired) electrons. The van der Waals surface area contributed by atoms with Gasteiger partial charge in [0.2, 0.25) is 0 Å². The molecule has 1 aliphatic carbocycles. The summed E-state index contributed by atoms with van der Waals surface area (Å²) in [6.07, 6.45) is 1.47. The van der Waals surface area contributed by atoms with Crippen LogP contribution in [0.2, 0.25) is 0 Å². The van der Waals surface area contributed by atoms with Gasteiger partial charge in [-0.1, -0.05) is 37.4 Å². The van der Waals surface area contributed by atoms with Crippen LogP contribution in [0.25, 0.3) is 0 Å². The molecule has 0 heterocycles. The maximum Gasteiger partial charge on any atom is 0.333 e. The molecule has 0 saturated heterocycles. The molecule has 0 spiro atoms. The zero-order valence-electron chi connectivity index (χ0n) is 21.6. The summed E-state index contributed by atoms with van der Waals surface area (Å²) in [7, 11) is 0. The van der Waals surface area contributed by atoms with Crippen LogP contribution in [0, 0.1) is 0 Å². The van der Waals surface area contributed by atoms with Crippen molar-refractivity contribution in [2.24, 2.45) is 0 Å². The van der Waals surface area contributed by atoms with Gasteiger partial charge in [0.25, 0.3) is 0 Å². The number of unbranched alkanes of at least 4 members (excludes halogenated alkanes) is 1. The molecule has 9 heteroatoms. The number of hydrogen-bond acceptors (Lipinski definition) is 9. The lowest BCUT2D eigenvalue weighted by Crippen LogP contribution is -2.23. The Bertz CT molecular complexity index is 1290. The second kappa shape index (κ2) is 12.7. The monoisotopic (exact) mass is 521 g/mol. The first-order chi connectivity index (χ1) is 18.1. The molecular formula is C29H31NO8. The number of benzene rings is 2. The maximum atomic E-state index is 13.5. The molecule has 0 aromatic heterocycles. The summed E-state index contributed by atoms with van der Waals surface area (Å²) in [4.78, 5) is 49.8. The van der Waals surface area contributed by atoms with Gasteiger partial charge in [-0.15, -0.1) is 0 Å². The summed E-state index contributed by atoms with van der Waals surface area (Å²) in [5.41, 5.74) is 1.29. The molecule has 0 atom stereocenters. The lowest BCUT2D eigenvalue weighted by atomic mass is 9.82. The molecule has 0 bridgehead atoms. The lowest BCUT2D eigenvalue weighted by Gasteiger charge is -2.24. The van der Waals surface area contributed by atoms with Gasteiger partial charge in [-0.05, 0) is 26.7 Å². The number of phenolic OH excluding ortho intramolecular Hbond substituents is 1. The maximum absolute atomic E-state index is 13.5. The highest BCUT2D eigenvalue weighted by Crippen LogP contribution is 2.42. The quantitative estimate of drug-likeness (QED) is 0.146. The molecule has 2 N–H and O–H groups in total. The molecule has 2 aromatic rings. The third-order valence-electron chi connectivity index (χ3n) is 5.72. The van der Waals surface area contributed by atoms with Crippen LogP contribution in [-0.2, 0) is 19.1 Å². The Hall–Kier alpha value is -4.40. The number of rotatable bonds is 13. The number of ether oxygens (including phenoxy) is 3. The summed E-state index contributed by atoms with van der Waals surface area (Å²) >= 11 is 0. The van der Waals surface area contributed by atoms with E-state index in [1.165, 1.54) is 6.07 Å². The second-order valence-corrected chi connectivity index (χ2v) is 8.89. The molecule has 0 saturated carbocycles. The molecule has 0 aliphatic heterocycles. The van der Waals surface area contributed by atoms with E-state index in [1.807, 2.05) is 0 Å². The minimum Gasteiger partial charge on any atom is -0.507 e. The van der Waals surface area contributed by atoms with Crippen molar-refractivity contribution in [1.29, 1.82) is 0 Å². The first-order valence-electron chi connectivity index (χ1n) is 12.2. The molecular weight excluding hydrogens is 490 g/mol. The van der Waals surface area contributed by atoms with Crippen molar-refractivity contribution < 1.29 is 38.5 Å². The van der Waals surface area contributed by atoms with E-state index in [4.69, 9.17) is 14.2 Å². The van der Waals surface area contributed by atoms with E-state index in [0.717, 1.165) is 0 Å². The Morgan fingerprint density at radius 1 is 0.842 bits per heavy atom. The number of anilines is 1. The van der Waals surface area contributed by atoms with E-state index >= 15 is 0 Å². The van der Waals surface area contributed by atoms with E-state index in [1.54, 1.807) is 38.1 Å². The average Bonchev–Trinajstić information content (AvgIpc) is 2.89.